The molecule has 25 heavy (non-hydrogen) atoms. The molecule has 1 fully saturated rings. The Hall–Kier alpha value is -2.56. The van der Waals surface area contributed by atoms with Crippen molar-refractivity contribution in [2.75, 3.05) is 11.4 Å². The maximum Gasteiger partial charge on any atom is 0.337 e. The number of carboxylic acid groups (broad SMARTS) is 1. The van der Waals surface area contributed by atoms with Gasteiger partial charge in [-0.1, -0.05) is 19.9 Å². The summed E-state index contributed by atoms with van der Waals surface area (Å²) in [4.78, 5) is 17.4. The summed E-state index contributed by atoms with van der Waals surface area (Å²) < 4.78 is 6.11. The maximum atomic E-state index is 11.0. The van der Waals surface area contributed by atoms with E-state index in [-0.39, 0.29) is 5.56 Å². The van der Waals surface area contributed by atoms with Crippen LogP contribution in [-0.2, 0) is 0 Å². The van der Waals surface area contributed by atoms with Crippen LogP contribution >= 0.6 is 0 Å². The van der Waals surface area contributed by atoms with Gasteiger partial charge in [0.25, 0.3) is 0 Å². The fourth-order valence-electron chi connectivity index (χ4n) is 2.78. The SMILES string of the molecule is CCN(c1ccc(C(C)C)c(OC2CC2)c1)c1ccc(C(=O)O)cn1. The van der Waals surface area contributed by atoms with Crippen molar-refractivity contribution in [3.05, 3.63) is 47.7 Å². The lowest BCUT2D eigenvalue weighted by molar-refractivity contribution is 0.0696. The van der Waals surface area contributed by atoms with E-state index in [0.29, 0.717) is 12.0 Å². The van der Waals surface area contributed by atoms with E-state index in [0.717, 1.165) is 36.6 Å². The molecule has 2 aromatic rings. The quantitative estimate of drug-likeness (QED) is 0.798. The molecule has 5 heteroatoms. The molecule has 0 amide bonds. The van der Waals surface area contributed by atoms with Gasteiger partial charge < -0.3 is 14.7 Å². The zero-order chi connectivity index (χ0) is 18.0. The lowest BCUT2D eigenvalue weighted by atomic mass is 10.0. The normalized spacial score (nSPS) is 13.8. The molecule has 1 aliphatic rings. The van der Waals surface area contributed by atoms with E-state index in [2.05, 4.69) is 41.9 Å². The fourth-order valence-corrected chi connectivity index (χ4v) is 2.78. The van der Waals surface area contributed by atoms with Crippen LogP contribution in [0.4, 0.5) is 11.5 Å². The molecule has 1 N–H and O–H groups in total. The third kappa shape index (κ3) is 3.92. The average Bonchev–Trinajstić information content (AvgIpc) is 3.40. The number of hydrogen-bond acceptors (Lipinski definition) is 4. The molecule has 0 saturated heterocycles. The molecule has 1 aromatic carbocycles. The van der Waals surface area contributed by atoms with Crippen LogP contribution < -0.4 is 9.64 Å². The molecular weight excluding hydrogens is 316 g/mol. The van der Waals surface area contributed by atoms with E-state index in [9.17, 15) is 4.79 Å². The Balaban J connectivity index is 1.92. The molecule has 0 bridgehead atoms. The molecule has 1 saturated carbocycles. The molecule has 0 atom stereocenters. The van der Waals surface area contributed by atoms with E-state index < -0.39 is 5.97 Å². The van der Waals surface area contributed by atoms with Crippen LogP contribution in [0.5, 0.6) is 5.75 Å². The van der Waals surface area contributed by atoms with Crippen LogP contribution in [0.25, 0.3) is 0 Å². The highest BCUT2D eigenvalue weighted by molar-refractivity contribution is 5.87. The standard InChI is InChI=1S/C20H24N2O3/c1-4-22(19-10-5-14(12-21-19)20(23)24)15-6-9-17(13(2)3)18(11-15)25-16-7-8-16/h5-6,9-13,16H,4,7-8H2,1-3H3,(H,23,24). The van der Waals surface area contributed by atoms with E-state index in [1.54, 1.807) is 12.1 Å². The molecule has 0 unspecified atom stereocenters. The van der Waals surface area contributed by atoms with Gasteiger partial charge in [-0.05, 0) is 49.4 Å². The van der Waals surface area contributed by atoms with Crippen LogP contribution in [0.15, 0.2) is 36.5 Å². The maximum absolute atomic E-state index is 11.0. The minimum atomic E-state index is -0.969. The Morgan fingerprint density at radius 2 is 2.08 bits per heavy atom. The van der Waals surface area contributed by atoms with Crippen molar-refractivity contribution in [2.45, 2.75) is 45.6 Å². The summed E-state index contributed by atoms with van der Waals surface area (Å²) in [7, 11) is 0. The molecular formula is C20H24N2O3. The lowest BCUT2D eigenvalue weighted by Crippen LogP contribution is -2.18. The Morgan fingerprint density at radius 3 is 2.60 bits per heavy atom. The number of pyridine rings is 1. The lowest BCUT2D eigenvalue weighted by Gasteiger charge is -2.24. The van der Waals surface area contributed by atoms with Crippen LogP contribution in [0.2, 0.25) is 0 Å². The number of rotatable bonds is 7. The molecule has 3 rings (SSSR count). The Morgan fingerprint density at radius 1 is 1.32 bits per heavy atom. The second kappa shape index (κ2) is 7.13. The van der Waals surface area contributed by atoms with Crippen molar-refractivity contribution in [2.24, 2.45) is 0 Å². The fraction of sp³-hybridized carbons (Fsp3) is 0.400. The second-order valence-electron chi connectivity index (χ2n) is 6.65. The number of carbonyl (C=O) groups is 1. The number of anilines is 2. The molecule has 1 heterocycles. The van der Waals surface area contributed by atoms with Gasteiger partial charge in [-0.3, -0.25) is 0 Å². The predicted molar refractivity (Wildman–Crippen MR) is 98.1 cm³/mol. The van der Waals surface area contributed by atoms with Crippen LogP contribution in [0, 0.1) is 0 Å². The molecule has 1 aromatic heterocycles. The largest absolute Gasteiger partial charge is 0.490 e. The molecule has 0 radical (unpaired) electrons. The van der Waals surface area contributed by atoms with Gasteiger partial charge in [0.2, 0.25) is 0 Å². The Labute approximate surface area is 148 Å². The first-order valence-corrected chi connectivity index (χ1v) is 8.77. The van der Waals surface area contributed by atoms with Crippen molar-refractivity contribution < 1.29 is 14.6 Å². The van der Waals surface area contributed by atoms with Crippen molar-refractivity contribution in [1.82, 2.24) is 4.98 Å². The van der Waals surface area contributed by atoms with E-state index in [1.165, 1.54) is 11.8 Å². The van der Waals surface area contributed by atoms with Crippen LogP contribution in [0.1, 0.15) is 55.5 Å². The summed E-state index contributed by atoms with van der Waals surface area (Å²) >= 11 is 0. The van der Waals surface area contributed by atoms with Gasteiger partial charge in [-0.25, -0.2) is 9.78 Å². The third-order valence-corrected chi connectivity index (χ3v) is 4.34. The van der Waals surface area contributed by atoms with E-state index >= 15 is 0 Å². The van der Waals surface area contributed by atoms with E-state index in [4.69, 9.17) is 9.84 Å². The Kier molecular flexibility index (Phi) is 4.93. The Bertz CT molecular complexity index is 752. The van der Waals surface area contributed by atoms with Crippen molar-refractivity contribution in [3.63, 3.8) is 0 Å². The first-order valence-electron chi connectivity index (χ1n) is 8.77. The van der Waals surface area contributed by atoms with Gasteiger partial charge in [0, 0.05) is 24.5 Å². The molecule has 5 nitrogen and oxygen atoms in total. The number of benzene rings is 1. The highest BCUT2D eigenvalue weighted by Crippen LogP contribution is 2.36. The highest BCUT2D eigenvalue weighted by atomic mass is 16.5. The first-order chi connectivity index (χ1) is 12.0. The zero-order valence-corrected chi connectivity index (χ0v) is 14.9. The number of hydrogen-bond donors (Lipinski definition) is 1. The van der Waals surface area contributed by atoms with Crippen LogP contribution in [-0.4, -0.2) is 28.7 Å². The monoisotopic (exact) mass is 340 g/mol. The minimum absolute atomic E-state index is 0.188. The van der Waals surface area contributed by atoms with Gasteiger partial charge in [-0.2, -0.15) is 0 Å². The van der Waals surface area contributed by atoms with E-state index in [1.807, 2.05) is 6.92 Å². The summed E-state index contributed by atoms with van der Waals surface area (Å²) in [5.41, 5.74) is 2.40. The highest BCUT2D eigenvalue weighted by Gasteiger charge is 2.25. The topological polar surface area (TPSA) is 62.7 Å². The number of aromatic carboxylic acids is 1. The second-order valence-corrected chi connectivity index (χ2v) is 6.65. The molecule has 1 aliphatic carbocycles. The number of carboxylic acids is 1. The summed E-state index contributed by atoms with van der Waals surface area (Å²) in [5, 5.41) is 9.03. The predicted octanol–water partition coefficient (Wildman–Crippen LogP) is 4.60. The number of aromatic nitrogens is 1. The van der Waals surface area contributed by atoms with Gasteiger partial charge >= 0.3 is 5.97 Å². The summed E-state index contributed by atoms with van der Waals surface area (Å²) in [6.07, 6.45) is 3.98. The number of ether oxygens (including phenoxy) is 1. The third-order valence-electron chi connectivity index (χ3n) is 4.34. The molecule has 0 aliphatic heterocycles. The molecule has 0 spiro atoms. The van der Waals surface area contributed by atoms with Gasteiger partial charge in [-0.15, -0.1) is 0 Å². The summed E-state index contributed by atoms with van der Waals surface area (Å²) in [5.74, 6) is 1.09. The molecule has 132 valence electrons. The first kappa shape index (κ1) is 17.3. The smallest absolute Gasteiger partial charge is 0.337 e. The summed E-state index contributed by atoms with van der Waals surface area (Å²) in [6.45, 7) is 7.10. The zero-order valence-electron chi connectivity index (χ0n) is 14.9. The summed E-state index contributed by atoms with van der Waals surface area (Å²) in [6, 6.07) is 9.59. The van der Waals surface area contributed by atoms with Crippen molar-refractivity contribution in [1.29, 1.82) is 0 Å². The van der Waals surface area contributed by atoms with Crippen LogP contribution in [0.3, 0.4) is 0 Å². The number of nitrogens with zero attached hydrogens (tertiary/aromatic N) is 2. The van der Waals surface area contributed by atoms with Gasteiger partial charge in [0.15, 0.2) is 0 Å². The minimum Gasteiger partial charge on any atom is -0.490 e. The van der Waals surface area contributed by atoms with Gasteiger partial charge in [0.05, 0.1) is 11.7 Å². The van der Waals surface area contributed by atoms with Crippen molar-refractivity contribution >= 4 is 17.5 Å². The van der Waals surface area contributed by atoms with Gasteiger partial charge in [0.1, 0.15) is 11.6 Å². The average molecular weight is 340 g/mol. The van der Waals surface area contributed by atoms with Crippen molar-refractivity contribution in [3.8, 4) is 5.75 Å².